The molecule has 6 heteroatoms. The smallest absolute Gasteiger partial charge is 0.401 e. The number of phenols is 1. The van der Waals surface area contributed by atoms with Gasteiger partial charge in [0.05, 0.1) is 6.54 Å². The maximum Gasteiger partial charge on any atom is 0.401 e. The van der Waals surface area contributed by atoms with E-state index in [0.29, 0.717) is 10.6 Å². The standard InChI is InChI=1S/C11H13ClF3NO/c1-2-16(7-11(13,14)15)6-8-5-9(12)3-4-10(8)17/h3-5,17H,2,6-7H2,1H3. The molecule has 1 aromatic carbocycles. The van der Waals surface area contributed by atoms with E-state index in [2.05, 4.69) is 0 Å². The summed E-state index contributed by atoms with van der Waals surface area (Å²) in [5.74, 6) is -0.0463. The van der Waals surface area contributed by atoms with Crippen LogP contribution in [0, 0.1) is 0 Å². The van der Waals surface area contributed by atoms with Crippen molar-refractivity contribution in [3.63, 3.8) is 0 Å². The summed E-state index contributed by atoms with van der Waals surface area (Å²) in [4.78, 5) is 1.19. The second-order valence-corrected chi connectivity index (χ2v) is 4.13. The molecule has 1 rings (SSSR count). The minimum absolute atomic E-state index is 0.0163. The van der Waals surface area contributed by atoms with Crippen LogP contribution in [0.1, 0.15) is 12.5 Å². The first-order valence-corrected chi connectivity index (χ1v) is 5.46. The van der Waals surface area contributed by atoms with Crippen molar-refractivity contribution in [2.45, 2.75) is 19.6 Å². The van der Waals surface area contributed by atoms with Gasteiger partial charge in [0.2, 0.25) is 0 Å². The molecule has 1 N–H and O–H groups in total. The Hall–Kier alpha value is -0.940. The van der Waals surface area contributed by atoms with Crippen LogP contribution < -0.4 is 0 Å². The van der Waals surface area contributed by atoms with Crippen molar-refractivity contribution in [3.05, 3.63) is 28.8 Å². The summed E-state index contributed by atoms with van der Waals surface area (Å²) in [7, 11) is 0. The predicted molar refractivity (Wildman–Crippen MR) is 60.1 cm³/mol. The monoisotopic (exact) mass is 267 g/mol. The molecular weight excluding hydrogens is 255 g/mol. The highest BCUT2D eigenvalue weighted by Crippen LogP contribution is 2.24. The number of halogens is 4. The Morgan fingerprint density at radius 2 is 2.00 bits per heavy atom. The van der Waals surface area contributed by atoms with Crippen molar-refractivity contribution >= 4 is 11.6 Å². The second kappa shape index (κ2) is 5.60. The van der Waals surface area contributed by atoms with Gasteiger partial charge < -0.3 is 5.11 Å². The first-order valence-electron chi connectivity index (χ1n) is 5.08. The van der Waals surface area contributed by atoms with Gasteiger partial charge in [0.1, 0.15) is 5.75 Å². The summed E-state index contributed by atoms with van der Waals surface area (Å²) in [6.45, 7) is 0.886. The van der Waals surface area contributed by atoms with Gasteiger partial charge >= 0.3 is 6.18 Å². The molecule has 96 valence electrons. The lowest BCUT2D eigenvalue weighted by molar-refractivity contribution is -0.146. The fraction of sp³-hybridized carbons (Fsp3) is 0.455. The fourth-order valence-corrected chi connectivity index (χ4v) is 1.65. The number of nitrogens with zero attached hydrogens (tertiary/aromatic N) is 1. The van der Waals surface area contributed by atoms with E-state index in [1.807, 2.05) is 0 Å². The van der Waals surface area contributed by atoms with Gasteiger partial charge in [-0.2, -0.15) is 13.2 Å². The van der Waals surface area contributed by atoms with Crippen molar-refractivity contribution < 1.29 is 18.3 Å². The van der Waals surface area contributed by atoms with E-state index in [9.17, 15) is 18.3 Å². The van der Waals surface area contributed by atoms with Crippen LogP contribution in [-0.2, 0) is 6.54 Å². The van der Waals surface area contributed by atoms with Crippen molar-refractivity contribution in [1.82, 2.24) is 4.90 Å². The Bertz CT molecular complexity index is 381. The number of benzene rings is 1. The van der Waals surface area contributed by atoms with Crippen molar-refractivity contribution in [3.8, 4) is 5.75 Å². The minimum atomic E-state index is -4.25. The molecule has 0 fully saturated rings. The number of phenolic OH excluding ortho intramolecular Hbond substituents is 1. The first kappa shape index (κ1) is 14.1. The van der Waals surface area contributed by atoms with Gasteiger partial charge in [-0.15, -0.1) is 0 Å². The Balaban J connectivity index is 2.77. The lowest BCUT2D eigenvalue weighted by Gasteiger charge is -2.22. The van der Waals surface area contributed by atoms with Gasteiger partial charge in [0, 0.05) is 17.1 Å². The summed E-state index contributed by atoms with van der Waals surface area (Å²) < 4.78 is 36.7. The van der Waals surface area contributed by atoms with Crippen LogP contribution in [-0.4, -0.2) is 29.3 Å². The summed E-state index contributed by atoms with van der Waals surface area (Å²) in [5.41, 5.74) is 0.392. The molecule has 0 amide bonds. The molecule has 0 bridgehead atoms. The lowest BCUT2D eigenvalue weighted by atomic mass is 10.2. The van der Waals surface area contributed by atoms with Crippen molar-refractivity contribution in [2.75, 3.05) is 13.1 Å². The number of rotatable bonds is 4. The van der Waals surface area contributed by atoms with Crippen LogP contribution in [0.5, 0.6) is 5.75 Å². The maximum atomic E-state index is 12.2. The zero-order chi connectivity index (χ0) is 13.1. The van der Waals surface area contributed by atoms with Crippen LogP contribution in [0.15, 0.2) is 18.2 Å². The van der Waals surface area contributed by atoms with E-state index in [1.165, 1.54) is 23.1 Å². The van der Waals surface area contributed by atoms with E-state index < -0.39 is 12.7 Å². The van der Waals surface area contributed by atoms with E-state index in [-0.39, 0.29) is 18.8 Å². The van der Waals surface area contributed by atoms with Crippen molar-refractivity contribution in [1.29, 1.82) is 0 Å². The molecule has 0 aromatic heterocycles. The SMILES string of the molecule is CCN(Cc1cc(Cl)ccc1O)CC(F)(F)F. The molecule has 0 atom stereocenters. The average molecular weight is 268 g/mol. The lowest BCUT2D eigenvalue weighted by Crippen LogP contribution is -2.33. The van der Waals surface area contributed by atoms with Gasteiger partial charge in [-0.1, -0.05) is 18.5 Å². The molecule has 0 aliphatic heterocycles. The van der Waals surface area contributed by atoms with Gasteiger partial charge in [0.15, 0.2) is 0 Å². The third-order valence-corrected chi connectivity index (χ3v) is 2.52. The van der Waals surface area contributed by atoms with E-state index in [4.69, 9.17) is 11.6 Å². The molecule has 0 aliphatic rings. The van der Waals surface area contributed by atoms with Gasteiger partial charge in [-0.05, 0) is 24.7 Å². The predicted octanol–water partition coefficient (Wildman–Crippen LogP) is 3.43. The Morgan fingerprint density at radius 1 is 1.35 bits per heavy atom. The van der Waals surface area contributed by atoms with E-state index in [1.54, 1.807) is 6.92 Å². The third kappa shape index (κ3) is 4.83. The highest BCUT2D eigenvalue weighted by Gasteiger charge is 2.30. The van der Waals surface area contributed by atoms with Gasteiger partial charge in [0.25, 0.3) is 0 Å². The normalized spacial score (nSPS) is 12.1. The highest BCUT2D eigenvalue weighted by atomic mass is 35.5. The molecule has 0 saturated carbocycles. The molecule has 1 aromatic rings. The number of hydrogen-bond donors (Lipinski definition) is 1. The summed E-state index contributed by atoms with van der Waals surface area (Å²) in [6, 6.07) is 4.33. The maximum absolute atomic E-state index is 12.2. The molecule has 0 radical (unpaired) electrons. The molecular formula is C11H13ClF3NO. The minimum Gasteiger partial charge on any atom is -0.508 e. The first-order chi connectivity index (χ1) is 7.81. The van der Waals surface area contributed by atoms with Gasteiger partial charge in [-0.3, -0.25) is 4.90 Å². The van der Waals surface area contributed by atoms with Gasteiger partial charge in [-0.25, -0.2) is 0 Å². The average Bonchev–Trinajstić information content (AvgIpc) is 2.20. The Kier molecular flexibility index (Phi) is 4.65. The van der Waals surface area contributed by atoms with Crippen LogP contribution in [0.3, 0.4) is 0 Å². The molecule has 0 saturated heterocycles. The summed E-state index contributed by atoms with van der Waals surface area (Å²) in [6.07, 6.45) is -4.25. The molecule has 2 nitrogen and oxygen atoms in total. The third-order valence-electron chi connectivity index (χ3n) is 2.29. The number of alkyl halides is 3. The van der Waals surface area contributed by atoms with Crippen molar-refractivity contribution in [2.24, 2.45) is 0 Å². The zero-order valence-electron chi connectivity index (χ0n) is 9.26. The van der Waals surface area contributed by atoms with Crippen LogP contribution in [0.25, 0.3) is 0 Å². The summed E-state index contributed by atoms with van der Waals surface area (Å²) in [5, 5.41) is 9.90. The Morgan fingerprint density at radius 3 is 2.53 bits per heavy atom. The largest absolute Gasteiger partial charge is 0.508 e. The Labute approximate surface area is 103 Å². The van der Waals surface area contributed by atoms with Crippen LogP contribution in [0.2, 0.25) is 5.02 Å². The molecule has 0 aliphatic carbocycles. The van der Waals surface area contributed by atoms with Crippen LogP contribution >= 0.6 is 11.6 Å². The van der Waals surface area contributed by atoms with E-state index in [0.717, 1.165) is 0 Å². The number of aromatic hydroxyl groups is 1. The van der Waals surface area contributed by atoms with E-state index >= 15 is 0 Å². The number of hydrogen-bond acceptors (Lipinski definition) is 2. The second-order valence-electron chi connectivity index (χ2n) is 3.69. The molecule has 0 unspecified atom stereocenters. The zero-order valence-corrected chi connectivity index (χ0v) is 10.0. The molecule has 17 heavy (non-hydrogen) atoms. The fourth-order valence-electron chi connectivity index (χ4n) is 1.45. The van der Waals surface area contributed by atoms with Crippen LogP contribution in [0.4, 0.5) is 13.2 Å². The molecule has 0 spiro atoms. The highest BCUT2D eigenvalue weighted by molar-refractivity contribution is 6.30. The topological polar surface area (TPSA) is 23.5 Å². The summed E-state index contributed by atoms with van der Waals surface area (Å²) >= 11 is 5.72. The quantitative estimate of drug-likeness (QED) is 0.903. The molecule has 0 heterocycles.